The van der Waals surface area contributed by atoms with Crippen LogP contribution in [0.15, 0.2) is 78.9 Å². The number of aromatic nitrogens is 2. The van der Waals surface area contributed by atoms with Gasteiger partial charge in [-0.25, -0.2) is 4.68 Å². The van der Waals surface area contributed by atoms with Crippen molar-refractivity contribution in [2.24, 2.45) is 11.7 Å². The standard InChI is InChI=1S/C29H28F3N5O2/c30-29(31,32)26-15-25(37(36-26)23-8-1-4-19(12-23)16-33)28(39)35-22-7-2-5-20(13-22)27(34-17-18-10-11-18)21-6-3-9-24(38)14-21/h1-9,12-15,18,27,34,38H,10-11,16-17,33H2,(H,35,39). The lowest BCUT2D eigenvalue weighted by Crippen LogP contribution is -2.25. The second-order valence-electron chi connectivity index (χ2n) is 9.66. The van der Waals surface area contributed by atoms with E-state index in [0.717, 1.165) is 41.3 Å². The van der Waals surface area contributed by atoms with Gasteiger partial charge < -0.3 is 21.5 Å². The summed E-state index contributed by atoms with van der Waals surface area (Å²) in [5.41, 5.74) is 7.33. The number of benzene rings is 3. The minimum absolute atomic E-state index is 0.141. The molecule has 10 heteroatoms. The van der Waals surface area contributed by atoms with Crippen molar-refractivity contribution in [1.82, 2.24) is 15.1 Å². The summed E-state index contributed by atoms with van der Waals surface area (Å²) in [6.07, 6.45) is -2.40. The molecule has 0 spiro atoms. The molecule has 5 rings (SSSR count). The number of phenolic OH excluding ortho intramolecular Hbond substituents is 1. The van der Waals surface area contributed by atoms with Crippen molar-refractivity contribution in [3.8, 4) is 11.4 Å². The summed E-state index contributed by atoms with van der Waals surface area (Å²) in [7, 11) is 0. The van der Waals surface area contributed by atoms with Crippen LogP contribution in [-0.2, 0) is 12.7 Å². The molecule has 1 aliphatic rings. The molecule has 202 valence electrons. The summed E-state index contributed by atoms with van der Waals surface area (Å²) in [6, 6.07) is 21.1. The molecule has 1 amide bonds. The molecule has 1 saturated carbocycles. The molecule has 7 nitrogen and oxygen atoms in total. The molecule has 3 aromatic carbocycles. The van der Waals surface area contributed by atoms with Gasteiger partial charge in [0.2, 0.25) is 0 Å². The van der Waals surface area contributed by atoms with Crippen LogP contribution in [0.3, 0.4) is 0 Å². The molecule has 1 fully saturated rings. The molecule has 0 radical (unpaired) electrons. The molecule has 39 heavy (non-hydrogen) atoms. The van der Waals surface area contributed by atoms with E-state index in [4.69, 9.17) is 5.73 Å². The third kappa shape index (κ3) is 6.30. The van der Waals surface area contributed by atoms with Crippen molar-refractivity contribution >= 4 is 11.6 Å². The Labute approximate surface area is 223 Å². The molecule has 0 saturated heterocycles. The molecule has 4 aromatic rings. The maximum absolute atomic E-state index is 13.5. The number of carbonyl (C=O) groups is 1. The van der Waals surface area contributed by atoms with Crippen LogP contribution in [-0.4, -0.2) is 27.3 Å². The summed E-state index contributed by atoms with van der Waals surface area (Å²) in [4.78, 5) is 13.3. The zero-order valence-corrected chi connectivity index (χ0v) is 20.9. The van der Waals surface area contributed by atoms with Crippen LogP contribution in [0, 0.1) is 5.92 Å². The Bertz CT molecular complexity index is 1480. The number of aromatic hydroxyl groups is 1. The highest BCUT2D eigenvalue weighted by Crippen LogP contribution is 2.32. The summed E-state index contributed by atoms with van der Waals surface area (Å²) >= 11 is 0. The SMILES string of the molecule is NCc1cccc(-n2nc(C(F)(F)F)cc2C(=O)Nc2cccc(C(NCC3CC3)c3cccc(O)c3)c2)c1. The number of nitrogens with zero attached hydrogens (tertiary/aromatic N) is 2. The van der Waals surface area contributed by atoms with E-state index in [1.165, 1.54) is 0 Å². The van der Waals surface area contributed by atoms with Crippen molar-refractivity contribution in [1.29, 1.82) is 0 Å². The van der Waals surface area contributed by atoms with E-state index in [9.17, 15) is 23.1 Å². The molecular weight excluding hydrogens is 507 g/mol. The number of nitrogens with one attached hydrogen (secondary N) is 2. The van der Waals surface area contributed by atoms with Crippen LogP contribution >= 0.6 is 0 Å². The van der Waals surface area contributed by atoms with E-state index in [1.54, 1.807) is 60.7 Å². The lowest BCUT2D eigenvalue weighted by molar-refractivity contribution is -0.141. The Morgan fingerprint density at radius 3 is 2.44 bits per heavy atom. The second-order valence-corrected chi connectivity index (χ2v) is 9.66. The van der Waals surface area contributed by atoms with E-state index >= 15 is 0 Å². The highest BCUT2D eigenvalue weighted by Gasteiger charge is 2.36. The fourth-order valence-electron chi connectivity index (χ4n) is 4.42. The van der Waals surface area contributed by atoms with Crippen LogP contribution in [0.25, 0.3) is 5.69 Å². The molecule has 1 unspecified atom stereocenters. The Kier molecular flexibility index (Phi) is 7.40. The second kappa shape index (κ2) is 10.9. The zero-order chi connectivity index (χ0) is 27.6. The average Bonchev–Trinajstić information content (AvgIpc) is 3.62. The molecule has 1 aromatic heterocycles. The van der Waals surface area contributed by atoms with Crippen LogP contribution in [0.4, 0.5) is 18.9 Å². The third-order valence-electron chi connectivity index (χ3n) is 6.61. The third-order valence-corrected chi connectivity index (χ3v) is 6.61. The predicted octanol–water partition coefficient (Wildman–Crippen LogP) is 5.40. The van der Waals surface area contributed by atoms with Gasteiger partial charge in [0, 0.05) is 18.3 Å². The van der Waals surface area contributed by atoms with E-state index in [1.807, 2.05) is 12.1 Å². The van der Waals surface area contributed by atoms with Crippen molar-refractivity contribution in [3.63, 3.8) is 0 Å². The van der Waals surface area contributed by atoms with Crippen LogP contribution in [0.1, 0.15) is 51.8 Å². The number of rotatable bonds is 9. The number of hydrogen-bond acceptors (Lipinski definition) is 5. The Hall–Kier alpha value is -4.15. The van der Waals surface area contributed by atoms with Gasteiger partial charge in [-0.3, -0.25) is 4.79 Å². The summed E-state index contributed by atoms with van der Waals surface area (Å²) in [6.45, 7) is 0.989. The normalized spacial score (nSPS) is 14.3. The van der Waals surface area contributed by atoms with E-state index in [-0.39, 0.29) is 24.0 Å². The van der Waals surface area contributed by atoms with Gasteiger partial charge in [-0.1, -0.05) is 36.4 Å². The average molecular weight is 536 g/mol. The first-order chi connectivity index (χ1) is 18.7. The van der Waals surface area contributed by atoms with E-state index in [2.05, 4.69) is 15.7 Å². The Morgan fingerprint density at radius 1 is 1.03 bits per heavy atom. The maximum Gasteiger partial charge on any atom is 0.435 e. The molecule has 5 N–H and O–H groups in total. The topological polar surface area (TPSA) is 105 Å². The number of amides is 1. The number of hydrogen-bond donors (Lipinski definition) is 4. The van der Waals surface area contributed by atoms with Gasteiger partial charge in [0.15, 0.2) is 5.69 Å². The zero-order valence-electron chi connectivity index (χ0n) is 20.9. The van der Waals surface area contributed by atoms with Crippen LogP contribution < -0.4 is 16.4 Å². The van der Waals surface area contributed by atoms with Crippen molar-refractivity contribution in [2.75, 3.05) is 11.9 Å². The van der Waals surface area contributed by atoms with Gasteiger partial charge in [-0.15, -0.1) is 0 Å². The maximum atomic E-state index is 13.5. The number of phenols is 1. The number of carbonyl (C=O) groups excluding carboxylic acids is 1. The van der Waals surface area contributed by atoms with Gasteiger partial charge in [-0.05, 0) is 78.4 Å². The number of anilines is 1. The smallest absolute Gasteiger partial charge is 0.435 e. The molecular formula is C29H28F3N5O2. The highest BCUT2D eigenvalue weighted by atomic mass is 19.4. The van der Waals surface area contributed by atoms with Gasteiger partial charge in [0.1, 0.15) is 11.4 Å². The minimum Gasteiger partial charge on any atom is -0.508 e. The Balaban J connectivity index is 1.45. The first-order valence-electron chi connectivity index (χ1n) is 12.6. The van der Waals surface area contributed by atoms with Gasteiger partial charge in [-0.2, -0.15) is 18.3 Å². The Morgan fingerprint density at radius 2 is 1.74 bits per heavy atom. The number of nitrogens with two attached hydrogens (primary N) is 1. The minimum atomic E-state index is -4.73. The number of alkyl halides is 3. The number of halogens is 3. The van der Waals surface area contributed by atoms with Gasteiger partial charge >= 0.3 is 6.18 Å². The van der Waals surface area contributed by atoms with E-state index in [0.29, 0.717) is 22.9 Å². The molecule has 1 aliphatic carbocycles. The predicted molar refractivity (Wildman–Crippen MR) is 142 cm³/mol. The van der Waals surface area contributed by atoms with Gasteiger partial charge in [0.05, 0.1) is 11.7 Å². The molecule has 0 aliphatic heterocycles. The van der Waals surface area contributed by atoms with Crippen molar-refractivity contribution in [3.05, 3.63) is 107 Å². The fraction of sp³-hybridized carbons (Fsp3) is 0.241. The lowest BCUT2D eigenvalue weighted by Gasteiger charge is -2.21. The lowest BCUT2D eigenvalue weighted by atomic mass is 9.97. The van der Waals surface area contributed by atoms with Crippen LogP contribution in [0.5, 0.6) is 5.75 Å². The summed E-state index contributed by atoms with van der Waals surface area (Å²) < 4.78 is 41.6. The molecule has 1 atom stereocenters. The summed E-state index contributed by atoms with van der Waals surface area (Å²) in [5.74, 6) is 0.00402. The molecule has 0 bridgehead atoms. The fourth-order valence-corrected chi connectivity index (χ4v) is 4.42. The van der Waals surface area contributed by atoms with E-state index < -0.39 is 17.8 Å². The first kappa shape index (κ1) is 26.5. The molecule has 1 heterocycles. The van der Waals surface area contributed by atoms with Crippen molar-refractivity contribution in [2.45, 2.75) is 31.6 Å². The van der Waals surface area contributed by atoms with Gasteiger partial charge in [0.25, 0.3) is 5.91 Å². The highest BCUT2D eigenvalue weighted by molar-refractivity contribution is 6.03. The first-order valence-corrected chi connectivity index (χ1v) is 12.6. The summed E-state index contributed by atoms with van der Waals surface area (Å²) in [5, 5.41) is 20.0. The monoisotopic (exact) mass is 535 g/mol. The largest absolute Gasteiger partial charge is 0.508 e. The quantitative estimate of drug-likeness (QED) is 0.230. The van der Waals surface area contributed by atoms with Crippen LogP contribution in [0.2, 0.25) is 0 Å². The van der Waals surface area contributed by atoms with Crippen molar-refractivity contribution < 1.29 is 23.1 Å².